The zero-order valence-electron chi connectivity index (χ0n) is 10.0. The molecule has 0 fully saturated rings. The summed E-state index contributed by atoms with van der Waals surface area (Å²) in [6.07, 6.45) is 0. The second kappa shape index (κ2) is 5.21. The number of phenols is 1. The summed E-state index contributed by atoms with van der Waals surface area (Å²) >= 11 is 0. The number of benzene rings is 1. The Morgan fingerprint density at radius 1 is 1.32 bits per heavy atom. The van der Waals surface area contributed by atoms with Gasteiger partial charge in [0.15, 0.2) is 0 Å². The molecule has 0 amide bonds. The van der Waals surface area contributed by atoms with E-state index in [9.17, 15) is 15.2 Å². The number of ether oxygens (including phenoxy) is 1. The highest BCUT2D eigenvalue weighted by molar-refractivity contribution is 5.69. The van der Waals surface area contributed by atoms with Gasteiger partial charge in [0.2, 0.25) is 11.7 Å². The van der Waals surface area contributed by atoms with Gasteiger partial charge in [-0.3, -0.25) is 10.1 Å². The van der Waals surface area contributed by atoms with Crippen molar-refractivity contribution >= 4 is 17.2 Å². The summed E-state index contributed by atoms with van der Waals surface area (Å²) in [5, 5.41) is 23.3. The molecule has 0 atom stereocenters. The lowest BCUT2D eigenvalue weighted by Crippen LogP contribution is -2.01. The van der Waals surface area contributed by atoms with Crippen molar-refractivity contribution < 1.29 is 14.8 Å². The molecular formula is C12H11N3O4. The quantitative estimate of drug-likeness (QED) is 0.498. The molecule has 0 aliphatic carbocycles. The van der Waals surface area contributed by atoms with Crippen LogP contribution < -0.4 is 10.1 Å². The first-order chi connectivity index (χ1) is 9.11. The van der Waals surface area contributed by atoms with E-state index in [1.165, 1.54) is 25.3 Å². The van der Waals surface area contributed by atoms with Crippen molar-refractivity contribution in [3.05, 3.63) is 46.5 Å². The fourth-order valence-electron chi connectivity index (χ4n) is 1.49. The van der Waals surface area contributed by atoms with E-state index in [1.54, 1.807) is 18.2 Å². The van der Waals surface area contributed by atoms with Gasteiger partial charge in [0, 0.05) is 12.1 Å². The Morgan fingerprint density at radius 3 is 2.68 bits per heavy atom. The molecule has 0 saturated heterocycles. The summed E-state index contributed by atoms with van der Waals surface area (Å²) < 4.78 is 4.92. The molecule has 2 rings (SSSR count). The highest BCUT2D eigenvalue weighted by Gasteiger charge is 2.17. The number of para-hydroxylation sites is 2. The average Bonchev–Trinajstić information content (AvgIpc) is 2.41. The van der Waals surface area contributed by atoms with Crippen LogP contribution in [0.1, 0.15) is 0 Å². The van der Waals surface area contributed by atoms with E-state index in [4.69, 9.17) is 4.74 Å². The van der Waals surface area contributed by atoms with Crippen LogP contribution in [0.15, 0.2) is 36.4 Å². The van der Waals surface area contributed by atoms with E-state index in [1.807, 2.05) is 0 Å². The first-order valence-electron chi connectivity index (χ1n) is 5.36. The molecule has 1 heterocycles. The molecule has 7 nitrogen and oxygen atoms in total. The lowest BCUT2D eigenvalue weighted by Gasteiger charge is -2.08. The minimum absolute atomic E-state index is 0.00542. The molecule has 19 heavy (non-hydrogen) atoms. The van der Waals surface area contributed by atoms with Crippen LogP contribution in [0.25, 0.3) is 0 Å². The van der Waals surface area contributed by atoms with E-state index in [0.29, 0.717) is 5.69 Å². The highest BCUT2D eigenvalue weighted by atomic mass is 16.6. The molecule has 0 aliphatic rings. The molecule has 1 aromatic heterocycles. The maximum Gasteiger partial charge on any atom is 0.311 e. The summed E-state index contributed by atoms with van der Waals surface area (Å²) in [6.45, 7) is 0. The molecule has 98 valence electrons. The number of nitrogens with zero attached hydrogens (tertiary/aromatic N) is 2. The molecular weight excluding hydrogens is 250 g/mol. The number of nitrogens with one attached hydrogen (secondary N) is 1. The predicted molar refractivity (Wildman–Crippen MR) is 68.8 cm³/mol. The van der Waals surface area contributed by atoms with Crippen LogP contribution in [0.2, 0.25) is 0 Å². The van der Waals surface area contributed by atoms with Gasteiger partial charge in [-0.05, 0) is 12.1 Å². The van der Waals surface area contributed by atoms with Gasteiger partial charge in [0.05, 0.1) is 17.7 Å². The SMILES string of the molecule is COc1ccc([N+](=O)[O-])c(Nc2ccccc2O)n1. The average molecular weight is 261 g/mol. The Hall–Kier alpha value is -2.83. The third-order valence-electron chi connectivity index (χ3n) is 2.41. The van der Waals surface area contributed by atoms with Gasteiger partial charge >= 0.3 is 5.69 Å². The maximum absolute atomic E-state index is 10.9. The third kappa shape index (κ3) is 2.71. The highest BCUT2D eigenvalue weighted by Crippen LogP contribution is 2.31. The van der Waals surface area contributed by atoms with Crippen molar-refractivity contribution in [1.82, 2.24) is 4.98 Å². The van der Waals surface area contributed by atoms with Gasteiger partial charge < -0.3 is 15.2 Å². The lowest BCUT2D eigenvalue weighted by molar-refractivity contribution is -0.384. The summed E-state index contributed by atoms with van der Waals surface area (Å²) in [5.41, 5.74) is 0.121. The first kappa shape index (κ1) is 12.6. The standard InChI is InChI=1S/C12H11N3O4/c1-19-11-7-6-9(15(17)18)12(14-11)13-8-4-2-3-5-10(8)16/h2-7,16H,1H3,(H,13,14). The molecule has 0 radical (unpaired) electrons. The van der Waals surface area contributed by atoms with Crippen molar-refractivity contribution in [3.63, 3.8) is 0 Å². The number of hydrogen-bond acceptors (Lipinski definition) is 6. The van der Waals surface area contributed by atoms with Gasteiger partial charge in [0.25, 0.3) is 0 Å². The number of aromatic hydroxyl groups is 1. The lowest BCUT2D eigenvalue weighted by atomic mass is 10.3. The van der Waals surface area contributed by atoms with Crippen LogP contribution in [0.4, 0.5) is 17.2 Å². The van der Waals surface area contributed by atoms with Crippen molar-refractivity contribution in [2.75, 3.05) is 12.4 Å². The smallest absolute Gasteiger partial charge is 0.311 e. The van der Waals surface area contributed by atoms with E-state index in [2.05, 4.69) is 10.3 Å². The predicted octanol–water partition coefficient (Wildman–Crippen LogP) is 2.45. The Morgan fingerprint density at radius 2 is 2.05 bits per heavy atom. The van der Waals surface area contributed by atoms with Gasteiger partial charge in [-0.15, -0.1) is 0 Å². The molecule has 0 spiro atoms. The fourth-order valence-corrected chi connectivity index (χ4v) is 1.49. The molecule has 7 heteroatoms. The summed E-state index contributed by atoms with van der Waals surface area (Å²) in [6, 6.07) is 9.07. The normalized spacial score (nSPS) is 9.95. The number of phenolic OH excluding ortho intramolecular Hbond substituents is 1. The minimum Gasteiger partial charge on any atom is -0.506 e. The van der Waals surface area contributed by atoms with Crippen LogP contribution in [-0.4, -0.2) is 22.1 Å². The molecule has 2 N–H and O–H groups in total. The monoisotopic (exact) mass is 261 g/mol. The maximum atomic E-state index is 10.9. The number of aromatic nitrogens is 1. The number of rotatable bonds is 4. The summed E-state index contributed by atoms with van der Waals surface area (Å²) in [5.74, 6) is 0.218. The van der Waals surface area contributed by atoms with E-state index < -0.39 is 4.92 Å². The molecule has 0 bridgehead atoms. The van der Waals surface area contributed by atoms with E-state index >= 15 is 0 Å². The number of hydrogen-bond donors (Lipinski definition) is 2. The van der Waals surface area contributed by atoms with E-state index in [-0.39, 0.29) is 23.1 Å². The second-order valence-corrected chi connectivity index (χ2v) is 3.62. The van der Waals surface area contributed by atoms with E-state index in [0.717, 1.165) is 0 Å². The zero-order valence-corrected chi connectivity index (χ0v) is 10.0. The molecule has 0 saturated carbocycles. The Labute approximate surface area is 108 Å². The topological polar surface area (TPSA) is 97.5 Å². The second-order valence-electron chi connectivity index (χ2n) is 3.62. The number of nitro groups is 1. The molecule has 2 aromatic rings. The molecule has 1 aromatic carbocycles. The van der Waals surface area contributed by atoms with Crippen molar-refractivity contribution in [3.8, 4) is 11.6 Å². The Balaban J connectivity index is 2.43. The van der Waals surface area contributed by atoms with Gasteiger partial charge in [0.1, 0.15) is 5.75 Å². The van der Waals surface area contributed by atoms with Crippen LogP contribution in [0, 0.1) is 10.1 Å². The zero-order chi connectivity index (χ0) is 13.8. The summed E-state index contributed by atoms with van der Waals surface area (Å²) in [7, 11) is 1.41. The fraction of sp³-hybridized carbons (Fsp3) is 0.0833. The van der Waals surface area contributed by atoms with Crippen LogP contribution in [-0.2, 0) is 0 Å². The molecule has 0 aliphatic heterocycles. The van der Waals surface area contributed by atoms with Crippen LogP contribution >= 0.6 is 0 Å². The van der Waals surface area contributed by atoms with Crippen LogP contribution in [0.5, 0.6) is 11.6 Å². The van der Waals surface area contributed by atoms with Crippen molar-refractivity contribution in [1.29, 1.82) is 0 Å². The number of methoxy groups -OCH3 is 1. The van der Waals surface area contributed by atoms with Crippen LogP contribution in [0.3, 0.4) is 0 Å². The first-order valence-corrected chi connectivity index (χ1v) is 5.36. The van der Waals surface area contributed by atoms with Gasteiger partial charge in [-0.1, -0.05) is 12.1 Å². The van der Waals surface area contributed by atoms with Gasteiger partial charge in [-0.2, -0.15) is 4.98 Å². The van der Waals surface area contributed by atoms with Gasteiger partial charge in [-0.25, -0.2) is 0 Å². The minimum atomic E-state index is -0.561. The largest absolute Gasteiger partial charge is 0.506 e. The van der Waals surface area contributed by atoms with Crippen molar-refractivity contribution in [2.45, 2.75) is 0 Å². The number of anilines is 2. The molecule has 0 unspecified atom stereocenters. The van der Waals surface area contributed by atoms with Crippen molar-refractivity contribution in [2.24, 2.45) is 0 Å². The Kier molecular flexibility index (Phi) is 3.46. The summed E-state index contributed by atoms with van der Waals surface area (Å²) in [4.78, 5) is 14.3. The third-order valence-corrected chi connectivity index (χ3v) is 2.41. The number of pyridine rings is 1. The Bertz CT molecular complexity index is 616.